The van der Waals surface area contributed by atoms with Crippen molar-refractivity contribution in [2.45, 2.75) is 116 Å². The van der Waals surface area contributed by atoms with Gasteiger partial charge in [0.05, 0.1) is 26.4 Å². The molecule has 2 fully saturated rings. The van der Waals surface area contributed by atoms with Gasteiger partial charge in [-0.15, -0.1) is 0 Å². The Morgan fingerprint density at radius 2 is 1.02 bits per heavy atom. The number of nitrogens with one attached hydrogen (secondary N) is 2. The number of ether oxygens (including phenoxy) is 4. The van der Waals surface area contributed by atoms with Gasteiger partial charge in [-0.05, 0) is 85.0 Å². The molecular formula is C42H52Cl2N4O6. The zero-order chi connectivity index (χ0) is 38.2. The average Bonchev–Trinajstić information content (AvgIpc) is 3.17. The van der Waals surface area contributed by atoms with Crippen LogP contribution in [0.2, 0.25) is 10.0 Å². The van der Waals surface area contributed by atoms with Crippen LogP contribution in [0.4, 0.5) is 0 Å². The number of hydrogen-bond donors (Lipinski definition) is 4. The molecule has 2 aliphatic carbocycles. The number of pyridine rings is 2. The van der Waals surface area contributed by atoms with Gasteiger partial charge >= 0.3 is 0 Å². The number of aliphatic hydroxyl groups is 2. The van der Waals surface area contributed by atoms with Gasteiger partial charge in [-0.2, -0.15) is 9.97 Å². The summed E-state index contributed by atoms with van der Waals surface area (Å²) < 4.78 is 23.6. The zero-order valence-corrected chi connectivity index (χ0v) is 33.1. The zero-order valence-electron chi connectivity index (χ0n) is 31.6. The summed E-state index contributed by atoms with van der Waals surface area (Å²) in [6.07, 6.45) is 7.10. The Kier molecular flexibility index (Phi) is 13.9. The molecule has 2 saturated carbocycles. The summed E-state index contributed by atoms with van der Waals surface area (Å²) in [7, 11) is 3.16. The molecule has 10 nitrogen and oxygen atoms in total. The fourth-order valence-corrected chi connectivity index (χ4v) is 7.99. The third-order valence-corrected chi connectivity index (χ3v) is 11.4. The predicted molar refractivity (Wildman–Crippen MR) is 212 cm³/mol. The lowest BCUT2D eigenvalue weighted by atomic mass is 9.92. The van der Waals surface area contributed by atoms with E-state index < -0.39 is 0 Å². The molecule has 4 aromatic rings. The summed E-state index contributed by atoms with van der Waals surface area (Å²) in [6, 6.07) is 16.1. The third kappa shape index (κ3) is 9.59. The summed E-state index contributed by atoms with van der Waals surface area (Å²) in [5, 5.41) is 28.4. The SMILES string of the molecule is COc1nc(OCc2cccc(-c3cccc(COc4nc(OC)c(CNC5CCCCC5O)cc4Cl)c3C)c2C)c(Cl)cc1CNC1CCCCC1O. The van der Waals surface area contributed by atoms with Gasteiger partial charge in [0.25, 0.3) is 0 Å². The van der Waals surface area contributed by atoms with Gasteiger partial charge < -0.3 is 39.8 Å². The van der Waals surface area contributed by atoms with E-state index in [1.54, 1.807) is 14.2 Å². The van der Waals surface area contributed by atoms with Gasteiger partial charge in [-0.25, -0.2) is 0 Å². The van der Waals surface area contributed by atoms with Gasteiger partial charge in [0.1, 0.15) is 23.3 Å². The number of hydrogen-bond acceptors (Lipinski definition) is 10. The van der Waals surface area contributed by atoms with Crippen molar-refractivity contribution < 1.29 is 29.2 Å². The highest BCUT2D eigenvalue weighted by atomic mass is 35.5. The quantitative estimate of drug-likeness (QED) is 0.0943. The second-order valence-electron chi connectivity index (χ2n) is 14.3. The van der Waals surface area contributed by atoms with E-state index >= 15 is 0 Å². The Hall–Kier alpha value is -3.64. The smallest absolute Gasteiger partial charge is 0.236 e. The van der Waals surface area contributed by atoms with Crippen LogP contribution in [0.25, 0.3) is 11.1 Å². The highest BCUT2D eigenvalue weighted by Gasteiger charge is 2.25. The lowest BCUT2D eigenvalue weighted by Gasteiger charge is -2.28. The Balaban J connectivity index is 1.12. The monoisotopic (exact) mass is 778 g/mol. The Labute approximate surface area is 328 Å². The summed E-state index contributed by atoms with van der Waals surface area (Å²) in [5.74, 6) is 1.47. The van der Waals surface area contributed by atoms with Crippen LogP contribution in [0, 0.1) is 13.8 Å². The van der Waals surface area contributed by atoms with E-state index in [4.69, 9.17) is 42.1 Å². The van der Waals surface area contributed by atoms with Crippen LogP contribution in [0.1, 0.15) is 84.7 Å². The topological polar surface area (TPSA) is 127 Å². The van der Waals surface area contributed by atoms with Crippen molar-refractivity contribution in [3.05, 3.63) is 92.0 Å². The van der Waals surface area contributed by atoms with E-state index in [9.17, 15) is 10.2 Å². The first kappa shape index (κ1) is 40.0. The van der Waals surface area contributed by atoms with Crippen molar-refractivity contribution in [1.82, 2.24) is 20.6 Å². The molecule has 54 heavy (non-hydrogen) atoms. The van der Waals surface area contributed by atoms with Gasteiger partial charge in [-0.1, -0.05) is 85.3 Å². The summed E-state index contributed by atoms with van der Waals surface area (Å²) in [5.41, 5.74) is 7.93. The summed E-state index contributed by atoms with van der Waals surface area (Å²) in [6.45, 7) is 5.67. The molecule has 6 rings (SSSR count). The molecule has 0 radical (unpaired) electrons. The maximum atomic E-state index is 10.4. The van der Waals surface area contributed by atoms with Crippen LogP contribution in [0.15, 0.2) is 48.5 Å². The van der Waals surface area contributed by atoms with Crippen molar-refractivity contribution in [3.8, 4) is 34.6 Å². The predicted octanol–water partition coefficient (Wildman–Crippen LogP) is 8.03. The highest BCUT2D eigenvalue weighted by Crippen LogP contribution is 2.35. The molecule has 4 N–H and O–H groups in total. The van der Waals surface area contributed by atoms with Crippen molar-refractivity contribution in [2.24, 2.45) is 0 Å². The molecule has 2 aromatic heterocycles. The normalized spacial score (nSPS) is 20.1. The molecule has 0 amide bonds. The maximum Gasteiger partial charge on any atom is 0.236 e. The minimum absolute atomic E-state index is 0.0401. The number of rotatable bonds is 15. The fraction of sp³-hybridized carbons (Fsp3) is 0.476. The fourth-order valence-electron chi connectivity index (χ4n) is 7.53. The van der Waals surface area contributed by atoms with E-state index in [1.807, 2.05) is 36.4 Å². The second-order valence-corrected chi connectivity index (χ2v) is 15.1. The van der Waals surface area contributed by atoms with Crippen LogP contribution in [-0.2, 0) is 26.3 Å². The number of methoxy groups -OCH3 is 2. The van der Waals surface area contributed by atoms with Crippen LogP contribution in [-0.4, -0.2) is 58.7 Å². The first-order valence-electron chi connectivity index (χ1n) is 18.9. The van der Waals surface area contributed by atoms with Crippen molar-refractivity contribution in [1.29, 1.82) is 0 Å². The third-order valence-electron chi connectivity index (χ3n) is 10.8. The Bertz CT molecular complexity index is 1760. The summed E-state index contributed by atoms with van der Waals surface area (Å²) >= 11 is 13.3. The van der Waals surface area contributed by atoms with Gasteiger partial charge in [0.2, 0.25) is 23.5 Å². The van der Waals surface area contributed by atoms with Crippen LogP contribution in [0.3, 0.4) is 0 Å². The first-order valence-corrected chi connectivity index (χ1v) is 19.6. The van der Waals surface area contributed by atoms with Crippen molar-refractivity contribution >= 4 is 23.2 Å². The molecule has 4 atom stereocenters. The van der Waals surface area contributed by atoms with E-state index in [1.165, 1.54) is 0 Å². The molecule has 0 spiro atoms. The Morgan fingerprint density at radius 1 is 0.611 bits per heavy atom. The van der Waals surface area contributed by atoms with Gasteiger partial charge in [0.15, 0.2) is 0 Å². The summed E-state index contributed by atoms with van der Waals surface area (Å²) in [4.78, 5) is 9.19. The number of nitrogens with zero attached hydrogens (tertiary/aromatic N) is 2. The maximum absolute atomic E-state index is 10.4. The van der Waals surface area contributed by atoms with Crippen LogP contribution in [0.5, 0.6) is 23.5 Å². The second kappa shape index (κ2) is 18.8. The molecule has 2 heterocycles. The van der Waals surface area contributed by atoms with Crippen LogP contribution >= 0.6 is 23.2 Å². The minimum atomic E-state index is -0.352. The van der Waals surface area contributed by atoms with E-state index in [2.05, 4.69) is 46.6 Å². The van der Waals surface area contributed by atoms with E-state index in [0.29, 0.717) is 46.7 Å². The lowest BCUT2D eigenvalue weighted by Crippen LogP contribution is -2.41. The molecular weight excluding hydrogens is 727 g/mol. The first-order chi connectivity index (χ1) is 26.2. The minimum Gasteiger partial charge on any atom is -0.481 e. The van der Waals surface area contributed by atoms with Crippen LogP contribution < -0.4 is 29.6 Å². The molecule has 290 valence electrons. The molecule has 12 heteroatoms. The highest BCUT2D eigenvalue weighted by molar-refractivity contribution is 6.32. The molecule has 0 bridgehead atoms. The number of benzene rings is 2. The van der Waals surface area contributed by atoms with E-state index in [-0.39, 0.29) is 37.5 Å². The van der Waals surface area contributed by atoms with Gasteiger partial charge in [-0.3, -0.25) is 0 Å². The largest absolute Gasteiger partial charge is 0.481 e. The molecule has 4 unspecified atom stereocenters. The lowest BCUT2D eigenvalue weighted by molar-refractivity contribution is 0.0899. The molecule has 2 aromatic carbocycles. The number of aromatic nitrogens is 2. The number of halogens is 2. The standard InChI is InChI=1S/C42H52Cl2N4O6/c1-25-27(23-53-41-33(43)19-29(39(47-41)51-3)21-45-35-15-5-7-17-37(35)49)11-9-13-31(25)32-14-10-12-28(26(32)2)24-54-42-34(44)20-30(40(48-42)52-4)22-46-36-16-6-8-18-38(36)50/h9-14,19-20,35-38,45-46,49-50H,5-8,15-18,21-24H2,1-4H3. The van der Waals surface area contributed by atoms with Gasteiger partial charge in [0, 0.05) is 36.3 Å². The number of aliphatic hydroxyl groups excluding tert-OH is 2. The molecule has 0 saturated heterocycles. The van der Waals surface area contributed by atoms with E-state index in [0.717, 1.165) is 95.9 Å². The molecule has 0 aliphatic heterocycles. The van der Waals surface area contributed by atoms with Crippen molar-refractivity contribution in [2.75, 3.05) is 14.2 Å². The average molecular weight is 780 g/mol. The molecule has 2 aliphatic rings. The van der Waals surface area contributed by atoms with Crippen molar-refractivity contribution in [3.63, 3.8) is 0 Å². The Morgan fingerprint density at radius 3 is 1.41 bits per heavy atom.